The Kier molecular flexibility index (Phi) is 3.44. The van der Waals surface area contributed by atoms with Crippen molar-refractivity contribution < 1.29 is 0 Å². The van der Waals surface area contributed by atoms with Gasteiger partial charge in [-0.25, -0.2) is 0 Å². The maximum Gasteiger partial charge on any atom is 0.0446 e. The van der Waals surface area contributed by atoms with E-state index >= 15 is 0 Å². The molecule has 15 heavy (non-hydrogen) atoms. The molecule has 1 aliphatic carbocycles. The van der Waals surface area contributed by atoms with Gasteiger partial charge >= 0.3 is 0 Å². The highest BCUT2D eigenvalue weighted by molar-refractivity contribution is 5.08. The maximum atomic E-state index is 6.11. The van der Waals surface area contributed by atoms with Gasteiger partial charge in [-0.3, -0.25) is 0 Å². The van der Waals surface area contributed by atoms with Gasteiger partial charge in [-0.2, -0.15) is 0 Å². The highest BCUT2D eigenvalue weighted by Crippen LogP contribution is 2.20. The smallest absolute Gasteiger partial charge is 0.0446 e. The minimum absolute atomic E-state index is 0.330. The first-order valence-corrected chi connectivity index (χ1v) is 5.92. The zero-order valence-corrected chi connectivity index (χ0v) is 9.37. The van der Waals surface area contributed by atoms with Crippen LogP contribution in [0.2, 0.25) is 0 Å². The first-order chi connectivity index (χ1) is 7.27. The third kappa shape index (κ3) is 2.61. The zero-order valence-electron chi connectivity index (χ0n) is 9.37. The molecule has 3 nitrogen and oxygen atoms in total. The van der Waals surface area contributed by atoms with Crippen LogP contribution in [0.25, 0.3) is 0 Å². The number of aromatic amines is 1. The molecule has 2 rings (SSSR count). The second-order valence-corrected chi connectivity index (χ2v) is 4.57. The Labute approximate surface area is 91.4 Å². The molecule has 0 aliphatic heterocycles. The molecular formula is C12H21N3. The largest absolute Gasteiger partial charge is 0.364 e. The van der Waals surface area contributed by atoms with Gasteiger partial charge in [0.15, 0.2) is 0 Å². The highest BCUT2D eigenvalue weighted by Gasteiger charge is 2.23. The quantitative estimate of drug-likeness (QED) is 0.709. The molecule has 4 N–H and O–H groups in total. The Morgan fingerprint density at radius 1 is 1.47 bits per heavy atom. The second kappa shape index (κ2) is 4.81. The molecule has 0 saturated heterocycles. The molecule has 1 aromatic heterocycles. The second-order valence-electron chi connectivity index (χ2n) is 4.57. The highest BCUT2D eigenvalue weighted by atomic mass is 15.0. The van der Waals surface area contributed by atoms with Crippen molar-refractivity contribution in [3.63, 3.8) is 0 Å². The minimum Gasteiger partial charge on any atom is -0.364 e. The fraction of sp³-hybridized carbons (Fsp3) is 0.667. The van der Waals surface area contributed by atoms with E-state index in [1.807, 2.05) is 12.3 Å². The van der Waals surface area contributed by atoms with Crippen LogP contribution in [0.3, 0.4) is 0 Å². The van der Waals surface area contributed by atoms with Crippen LogP contribution in [-0.4, -0.2) is 17.1 Å². The van der Waals surface area contributed by atoms with Crippen molar-refractivity contribution in [3.8, 4) is 0 Å². The van der Waals surface area contributed by atoms with Gasteiger partial charge in [0.05, 0.1) is 0 Å². The zero-order chi connectivity index (χ0) is 10.7. The summed E-state index contributed by atoms with van der Waals surface area (Å²) in [7, 11) is 0. The number of H-pyrrole nitrogens is 1. The lowest BCUT2D eigenvalue weighted by Crippen LogP contribution is -2.47. The van der Waals surface area contributed by atoms with Crippen molar-refractivity contribution in [2.75, 3.05) is 0 Å². The Morgan fingerprint density at radius 2 is 2.27 bits per heavy atom. The molecule has 0 spiro atoms. The summed E-state index contributed by atoms with van der Waals surface area (Å²) in [6, 6.07) is 5.34. The maximum absolute atomic E-state index is 6.11. The molecular weight excluding hydrogens is 186 g/mol. The molecule has 84 valence electrons. The van der Waals surface area contributed by atoms with Gasteiger partial charge in [-0.15, -0.1) is 0 Å². The molecule has 3 heteroatoms. The summed E-state index contributed by atoms with van der Waals surface area (Å²) in [4.78, 5) is 3.24. The molecule has 0 bridgehead atoms. The van der Waals surface area contributed by atoms with Crippen LogP contribution in [0.1, 0.15) is 44.3 Å². The monoisotopic (exact) mass is 207 g/mol. The summed E-state index contributed by atoms with van der Waals surface area (Å²) in [5.74, 6) is 0. The average molecular weight is 207 g/mol. The van der Waals surface area contributed by atoms with Gasteiger partial charge in [0.25, 0.3) is 0 Å². The van der Waals surface area contributed by atoms with Crippen LogP contribution >= 0.6 is 0 Å². The van der Waals surface area contributed by atoms with Crippen molar-refractivity contribution >= 4 is 0 Å². The van der Waals surface area contributed by atoms with Gasteiger partial charge < -0.3 is 16.0 Å². The van der Waals surface area contributed by atoms with Crippen LogP contribution in [0.4, 0.5) is 0 Å². The summed E-state index contributed by atoms with van der Waals surface area (Å²) >= 11 is 0. The molecule has 1 fully saturated rings. The van der Waals surface area contributed by atoms with Crippen LogP contribution in [0.15, 0.2) is 18.3 Å². The van der Waals surface area contributed by atoms with E-state index in [4.69, 9.17) is 5.73 Å². The van der Waals surface area contributed by atoms with Gasteiger partial charge in [0.1, 0.15) is 0 Å². The van der Waals surface area contributed by atoms with E-state index in [2.05, 4.69) is 23.3 Å². The predicted molar refractivity (Wildman–Crippen MR) is 62.6 cm³/mol. The Morgan fingerprint density at radius 3 is 2.93 bits per heavy atom. The molecule has 1 aliphatic rings. The van der Waals surface area contributed by atoms with Gasteiger partial charge in [-0.05, 0) is 31.9 Å². The van der Waals surface area contributed by atoms with E-state index in [9.17, 15) is 0 Å². The van der Waals surface area contributed by atoms with Crippen molar-refractivity contribution in [1.29, 1.82) is 0 Å². The van der Waals surface area contributed by atoms with E-state index in [0.717, 1.165) is 6.42 Å². The van der Waals surface area contributed by atoms with Crippen molar-refractivity contribution in [2.24, 2.45) is 5.73 Å². The summed E-state index contributed by atoms with van der Waals surface area (Å²) in [6.45, 7) is 2.19. The fourth-order valence-electron chi connectivity index (χ4n) is 2.39. The molecule has 0 aromatic carbocycles. The van der Waals surface area contributed by atoms with E-state index in [1.165, 1.54) is 25.0 Å². The molecule has 0 amide bonds. The SMILES string of the molecule is C[C@H](N[C@@H]1CCCC[C@@H]1N)c1ccc[nH]1. The van der Waals surface area contributed by atoms with Gasteiger partial charge in [0, 0.05) is 30.0 Å². The first-order valence-electron chi connectivity index (χ1n) is 5.92. The lowest BCUT2D eigenvalue weighted by atomic mass is 9.90. The first kappa shape index (κ1) is 10.7. The molecule has 0 radical (unpaired) electrons. The molecule has 1 aromatic rings. The van der Waals surface area contributed by atoms with E-state index < -0.39 is 0 Å². The third-order valence-electron chi connectivity index (χ3n) is 3.37. The van der Waals surface area contributed by atoms with Gasteiger partial charge in [0.2, 0.25) is 0 Å². The summed E-state index contributed by atoms with van der Waals surface area (Å²) < 4.78 is 0. The number of hydrogen-bond acceptors (Lipinski definition) is 2. The van der Waals surface area contributed by atoms with Crippen LogP contribution in [0.5, 0.6) is 0 Å². The lowest BCUT2D eigenvalue weighted by Gasteiger charge is -2.31. The predicted octanol–water partition coefficient (Wildman–Crippen LogP) is 1.94. The number of nitrogens with one attached hydrogen (secondary N) is 2. The van der Waals surface area contributed by atoms with Crippen molar-refractivity contribution in [1.82, 2.24) is 10.3 Å². The van der Waals surface area contributed by atoms with E-state index in [0.29, 0.717) is 18.1 Å². The molecule has 3 atom stereocenters. The Bertz CT molecular complexity index is 281. The van der Waals surface area contributed by atoms with Crippen LogP contribution in [-0.2, 0) is 0 Å². The number of hydrogen-bond donors (Lipinski definition) is 3. The topological polar surface area (TPSA) is 53.8 Å². The van der Waals surface area contributed by atoms with Gasteiger partial charge in [-0.1, -0.05) is 12.8 Å². The Balaban J connectivity index is 1.90. The summed E-state index contributed by atoms with van der Waals surface area (Å²) in [6.07, 6.45) is 6.94. The summed E-state index contributed by atoms with van der Waals surface area (Å²) in [5, 5.41) is 3.61. The fourth-order valence-corrected chi connectivity index (χ4v) is 2.39. The van der Waals surface area contributed by atoms with E-state index in [-0.39, 0.29) is 0 Å². The normalized spacial score (nSPS) is 28.9. The van der Waals surface area contributed by atoms with Crippen molar-refractivity contribution in [3.05, 3.63) is 24.0 Å². The minimum atomic E-state index is 0.330. The third-order valence-corrected chi connectivity index (χ3v) is 3.37. The summed E-state index contributed by atoms with van der Waals surface area (Å²) in [5.41, 5.74) is 7.35. The lowest BCUT2D eigenvalue weighted by molar-refractivity contribution is 0.305. The standard InChI is InChI=1S/C12H21N3/c1-9(11-7-4-8-14-11)15-12-6-3-2-5-10(12)13/h4,7-10,12,14-15H,2-3,5-6,13H2,1H3/t9-,10-,12+/m0/s1. The number of nitrogens with two attached hydrogens (primary N) is 1. The molecule has 1 heterocycles. The van der Waals surface area contributed by atoms with E-state index in [1.54, 1.807) is 0 Å². The number of rotatable bonds is 3. The van der Waals surface area contributed by atoms with Crippen LogP contribution < -0.4 is 11.1 Å². The Hall–Kier alpha value is -0.800. The molecule has 0 unspecified atom stereocenters. The molecule has 1 saturated carbocycles. The van der Waals surface area contributed by atoms with Crippen LogP contribution in [0, 0.1) is 0 Å². The average Bonchev–Trinajstić information content (AvgIpc) is 2.74. The number of aromatic nitrogens is 1. The van der Waals surface area contributed by atoms with Crippen molar-refractivity contribution in [2.45, 2.75) is 50.7 Å².